The van der Waals surface area contributed by atoms with Crippen molar-refractivity contribution >= 4 is 28.4 Å². The monoisotopic (exact) mass is 475 g/mol. The number of ether oxygens (including phenoxy) is 2. The summed E-state index contributed by atoms with van der Waals surface area (Å²) in [5.41, 5.74) is 6.70. The van der Waals surface area contributed by atoms with Crippen LogP contribution in [-0.2, 0) is 14.3 Å². The van der Waals surface area contributed by atoms with E-state index in [9.17, 15) is 9.59 Å². The van der Waals surface area contributed by atoms with Crippen LogP contribution >= 0.6 is 0 Å². The summed E-state index contributed by atoms with van der Waals surface area (Å²) in [6.07, 6.45) is 4.70. The van der Waals surface area contributed by atoms with Crippen LogP contribution in [0.15, 0.2) is 47.1 Å². The summed E-state index contributed by atoms with van der Waals surface area (Å²) < 4.78 is 16.9. The molecule has 0 saturated carbocycles. The summed E-state index contributed by atoms with van der Waals surface area (Å²) in [7, 11) is 1.41. The standard InChI is InChI=1S/C29H33NO5/c1-6-34-27-20(4)28-24(25(17-35-28)21-9-7-18(2)8-10-21)16-23(27)19(3)15-26(31)30-13-11-22(12-14-30)29(32)33-5/h7-10,15-17,22H,6,11-14H2,1-5H3/b19-15+. The van der Waals surface area contributed by atoms with E-state index in [2.05, 4.69) is 37.3 Å². The molecule has 1 fully saturated rings. The molecular weight excluding hydrogens is 442 g/mol. The lowest BCUT2D eigenvalue weighted by Crippen LogP contribution is -2.39. The predicted octanol–water partition coefficient (Wildman–Crippen LogP) is 5.93. The topological polar surface area (TPSA) is 69.0 Å². The Balaban J connectivity index is 1.68. The van der Waals surface area contributed by atoms with E-state index in [1.807, 2.05) is 20.8 Å². The van der Waals surface area contributed by atoms with Crippen molar-refractivity contribution in [2.45, 2.75) is 40.5 Å². The maximum absolute atomic E-state index is 13.1. The molecule has 1 saturated heterocycles. The van der Waals surface area contributed by atoms with Crippen molar-refractivity contribution in [3.05, 3.63) is 59.4 Å². The molecule has 0 bridgehead atoms. The van der Waals surface area contributed by atoms with Crippen LogP contribution in [0.5, 0.6) is 5.75 Å². The number of furan rings is 1. The molecule has 1 amide bonds. The summed E-state index contributed by atoms with van der Waals surface area (Å²) >= 11 is 0. The molecule has 3 aromatic rings. The Labute approximate surface area is 206 Å². The van der Waals surface area contributed by atoms with Gasteiger partial charge in [-0.2, -0.15) is 0 Å². The summed E-state index contributed by atoms with van der Waals surface area (Å²) in [5.74, 6) is 0.344. The number of aryl methyl sites for hydroxylation is 2. The zero-order chi connectivity index (χ0) is 25.1. The number of carbonyl (C=O) groups is 2. The molecule has 0 atom stereocenters. The van der Waals surface area contributed by atoms with E-state index in [1.54, 1.807) is 17.2 Å². The number of hydrogen-bond acceptors (Lipinski definition) is 5. The highest BCUT2D eigenvalue weighted by Crippen LogP contribution is 2.41. The van der Waals surface area contributed by atoms with Gasteiger partial charge in [-0.25, -0.2) is 0 Å². The maximum atomic E-state index is 13.1. The molecule has 1 aromatic heterocycles. The van der Waals surface area contributed by atoms with E-state index in [0.717, 1.165) is 44.5 Å². The molecule has 2 aromatic carbocycles. The first-order valence-corrected chi connectivity index (χ1v) is 12.1. The van der Waals surface area contributed by atoms with E-state index in [-0.39, 0.29) is 17.8 Å². The zero-order valence-electron chi connectivity index (χ0n) is 21.1. The van der Waals surface area contributed by atoms with Crippen LogP contribution < -0.4 is 4.74 Å². The van der Waals surface area contributed by atoms with Crippen molar-refractivity contribution < 1.29 is 23.5 Å². The average molecular weight is 476 g/mol. The van der Waals surface area contributed by atoms with Gasteiger partial charge in [0.25, 0.3) is 0 Å². The first kappa shape index (κ1) is 24.6. The molecular formula is C29H33NO5. The highest BCUT2D eigenvalue weighted by Gasteiger charge is 2.27. The maximum Gasteiger partial charge on any atom is 0.308 e. The number of esters is 1. The second kappa shape index (κ2) is 10.4. The third-order valence-corrected chi connectivity index (χ3v) is 6.80. The molecule has 2 heterocycles. The summed E-state index contributed by atoms with van der Waals surface area (Å²) in [4.78, 5) is 26.7. The normalized spacial score (nSPS) is 14.9. The molecule has 0 radical (unpaired) electrons. The van der Waals surface area contributed by atoms with Gasteiger partial charge in [0.1, 0.15) is 11.3 Å². The minimum Gasteiger partial charge on any atom is -0.493 e. The quantitative estimate of drug-likeness (QED) is 0.326. The van der Waals surface area contributed by atoms with E-state index < -0.39 is 0 Å². The molecule has 35 heavy (non-hydrogen) atoms. The number of nitrogens with zero attached hydrogens (tertiary/aromatic N) is 1. The Morgan fingerprint density at radius 2 is 1.83 bits per heavy atom. The van der Waals surface area contributed by atoms with E-state index >= 15 is 0 Å². The van der Waals surface area contributed by atoms with Crippen LogP contribution in [0.3, 0.4) is 0 Å². The number of fused-ring (bicyclic) bond motifs is 1. The van der Waals surface area contributed by atoms with Crippen molar-refractivity contribution in [2.24, 2.45) is 5.92 Å². The first-order valence-electron chi connectivity index (χ1n) is 12.1. The molecule has 1 aliphatic rings. The number of carbonyl (C=O) groups excluding carboxylic acids is 2. The van der Waals surface area contributed by atoms with Crippen molar-refractivity contribution in [3.8, 4) is 16.9 Å². The van der Waals surface area contributed by atoms with E-state index in [0.29, 0.717) is 32.5 Å². The average Bonchev–Trinajstić information content (AvgIpc) is 3.30. The van der Waals surface area contributed by atoms with Gasteiger partial charge in [-0.15, -0.1) is 0 Å². The van der Waals surface area contributed by atoms with Crippen molar-refractivity contribution in [1.82, 2.24) is 4.90 Å². The molecule has 6 heteroatoms. The highest BCUT2D eigenvalue weighted by atomic mass is 16.5. The fraction of sp³-hybridized carbons (Fsp3) is 0.379. The van der Waals surface area contributed by atoms with Gasteiger partial charge in [0.15, 0.2) is 0 Å². The van der Waals surface area contributed by atoms with Gasteiger partial charge >= 0.3 is 5.97 Å². The van der Waals surface area contributed by atoms with Gasteiger partial charge in [-0.3, -0.25) is 9.59 Å². The zero-order valence-corrected chi connectivity index (χ0v) is 21.1. The van der Waals surface area contributed by atoms with Gasteiger partial charge in [-0.05, 0) is 57.7 Å². The number of piperidine rings is 1. The van der Waals surface area contributed by atoms with E-state index in [4.69, 9.17) is 13.9 Å². The molecule has 184 valence electrons. The first-order chi connectivity index (χ1) is 16.8. The summed E-state index contributed by atoms with van der Waals surface area (Å²) in [6, 6.07) is 10.4. The number of rotatable bonds is 6. The Bertz CT molecular complexity index is 1260. The minimum absolute atomic E-state index is 0.0584. The fourth-order valence-electron chi connectivity index (χ4n) is 4.75. The Morgan fingerprint density at radius 1 is 1.14 bits per heavy atom. The SMILES string of the molecule is CCOc1c(/C(C)=C/C(=O)N2CCC(C(=O)OC)CC2)cc2c(-c3ccc(C)cc3)coc2c1C. The largest absolute Gasteiger partial charge is 0.493 e. The molecule has 0 aliphatic carbocycles. The number of likely N-dealkylation sites (tertiary alicyclic amines) is 1. The van der Waals surface area contributed by atoms with Crippen LogP contribution in [0.4, 0.5) is 0 Å². The lowest BCUT2D eigenvalue weighted by Gasteiger charge is -2.30. The minimum atomic E-state index is -0.196. The number of hydrogen-bond donors (Lipinski definition) is 0. The van der Waals surface area contributed by atoms with Crippen LogP contribution in [0.25, 0.3) is 27.7 Å². The van der Waals surface area contributed by atoms with Gasteiger partial charge in [0.05, 0.1) is 25.9 Å². The number of benzene rings is 2. The van der Waals surface area contributed by atoms with Gasteiger partial charge < -0.3 is 18.8 Å². The fourth-order valence-corrected chi connectivity index (χ4v) is 4.75. The van der Waals surface area contributed by atoms with Crippen molar-refractivity contribution in [2.75, 3.05) is 26.8 Å². The molecule has 0 spiro atoms. The number of allylic oxidation sites excluding steroid dienone is 1. The lowest BCUT2D eigenvalue weighted by atomic mass is 9.95. The Morgan fingerprint density at radius 3 is 2.46 bits per heavy atom. The molecule has 6 nitrogen and oxygen atoms in total. The summed E-state index contributed by atoms with van der Waals surface area (Å²) in [6.45, 7) is 9.53. The van der Waals surface area contributed by atoms with Crippen LogP contribution in [0, 0.1) is 19.8 Å². The number of amides is 1. The smallest absolute Gasteiger partial charge is 0.308 e. The Kier molecular flexibility index (Phi) is 7.29. The van der Waals surface area contributed by atoms with Crippen molar-refractivity contribution in [1.29, 1.82) is 0 Å². The number of methoxy groups -OCH3 is 1. The highest BCUT2D eigenvalue weighted by molar-refractivity contribution is 6.01. The van der Waals surface area contributed by atoms with Gasteiger partial charge in [-0.1, -0.05) is 29.8 Å². The summed E-state index contributed by atoms with van der Waals surface area (Å²) in [5, 5.41) is 0.990. The van der Waals surface area contributed by atoms with Crippen LogP contribution in [0.1, 0.15) is 43.4 Å². The lowest BCUT2D eigenvalue weighted by molar-refractivity contribution is -0.148. The second-order valence-electron chi connectivity index (χ2n) is 9.15. The van der Waals surface area contributed by atoms with E-state index in [1.165, 1.54) is 12.7 Å². The van der Waals surface area contributed by atoms with Crippen LogP contribution in [-0.4, -0.2) is 43.6 Å². The molecule has 0 unspecified atom stereocenters. The third kappa shape index (κ3) is 4.97. The van der Waals surface area contributed by atoms with Gasteiger partial charge in [0, 0.05) is 41.2 Å². The van der Waals surface area contributed by atoms with Crippen molar-refractivity contribution in [3.63, 3.8) is 0 Å². The molecule has 4 rings (SSSR count). The van der Waals surface area contributed by atoms with Gasteiger partial charge in [0.2, 0.25) is 5.91 Å². The third-order valence-electron chi connectivity index (χ3n) is 6.80. The predicted molar refractivity (Wildman–Crippen MR) is 137 cm³/mol. The Hall–Kier alpha value is -3.54. The second-order valence-corrected chi connectivity index (χ2v) is 9.15. The molecule has 1 aliphatic heterocycles. The molecule has 0 N–H and O–H groups in total. The van der Waals surface area contributed by atoms with Crippen LogP contribution in [0.2, 0.25) is 0 Å².